The summed E-state index contributed by atoms with van der Waals surface area (Å²) in [6.45, 7) is 10.4. The van der Waals surface area contributed by atoms with Crippen molar-refractivity contribution >= 4 is 17.5 Å². The average Bonchev–Trinajstić information content (AvgIpc) is 2.71. The molecule has 4 heteroatoms. The van der Waals surface area contributed by atoms with Gasteiger partial charge in [0.1, 0.15) is 11.5 Å². The van der Waals surface area contributed by atoms with Crippen LogP contribution in [0.15, 0.2) is 55.1 Å². The van der Waals surface area contributed by atoms with Crippen molar-refractivity contribution in [2.45, 2.75) is 32.6 Å². The van der Waals surface area contributed by atoms with E-state index in [0.29, 0.717) is 23.5 Å². The molecule has 0 aliphatic heterocycles. The van der Waals surface area contributed by atoms with Gasteiger partial charge in [-0.05, 0) is 48.9 Å². The molecular formula is C24H29NO3. The number of carbonyl (C=O) groups is 1. The summed E-state index contributed by atoms with van der Waals surface area (Å²) in [6, 6.07) is 10.9. The topological polar surface area (TPSA) is 58.6 Å². The van der Waals surface area contributed by atoms with E-state index in [1.807, 2.05) is 52.1 Å². The van der Waals surface area contributed by atoms with Gasteiger partial charge in [0.2, 0.25) is 0 Å². The predicted octanol–water partition coefficient (Wildman–Crippen LogP) is 5.58. The lowest BCUT2D eigenvalue weighted by Gasteiger charge is -2.23. The highest BCUT2D eigenvalue weighted by Crippen LogP contribution is 2.39. The molecule has 0 bridgehead atoms. The summed E-state index contributed by atoms with van der Waals surface area (Å²) in [4.78, 5) is 12.5. The number of allylic oxidation sites excluding steroid dienone is 2. The Bertz CT molecular complexity index is 864. The summed E-state index contributed by atoms with van der Waals surface area (Å²) < 4.78 is 5.78. The number of carbonyl (C=O) groups excluding carboxylic acids is 1. The Hall–Kier alpha value is -3.01. The van der Waals surface area contributed by atoms with E-state index < -0.39 is 5.41 Å². The van der Waals surface area contributed by atoms with E-state index in [1.165, 1.54) is 6.08 Å². The van der Waals surface area contributed by atoms with Crippen molar-refractivity contribution in [2.24, 2.45) is 0 Å². The van der Waals surface area contributed by atoms with E-state index in [9.17, 15) is 9.90 Å². The molecule has 2 rings (SSSR count). The Morgan fingerprint density at radius 3 is 2.46 bits per heavy atom. The zero-order valence-electron chi connectivity index (χ0n) is 17.1. The van der Waals surface area contributed by atoms with Crippen LogP contribution in [0.1, 0.15) is 48.7 Å². The highest BCUT2D eigenvalue weighted by molar-refractivity contribution is 6.07. The Morgan fingerprint density at radius 2 is 1.89 bits per heavy atom. The van der Waals surface area contributed by atoms with Gasteiger partial charge in [-0.25, -0.2) is 0 Å². The van der Waals surface area contributed by atoms with E-state index in [4.69, 9.17) is 4.74 Å². The number of hydrogen-bond acceptors (Lipinski definition) is 4. The van der Waals surface area contributed by atoms with Gasteiger partial charge in [0.25, 0.3) is 0 Å². The lowest BCUT2D eigenvalue weighted by Crippen LogP contribution is -2.14. The molecule has 0 saturated heterocycles. The van der Waals surface area contributed by atoms with Gasteiger partial charge in [0.15, 0.2) is 5.78 Å². The van der Waals surface area contributed by atoms with Crippen LogP contribution in [0.25, 0.3) is 6.08 Å². The number of phenols is 1. The number of phenolic OH excluding ortho intramolecular Hbond substituents is 1. The fourth-order valence-corrected chi connectivity index (χ4v) is 2.77. The van der Waals surface area contributed by atoms with Crippen molar-refractivity contribution in [3.8, 4) is 11.5 Å². The van der Waals surface area contributed by atoms with Crippen molar-refractivity contribution in [3.05, 3.63) is 71.8 Å². The Morgan fingerprint density at radius 1 is 1.21 bits per heavy atom. The number of hydrogen-bond donors (Lipinski definition) is 2. The number of nitrogens with one attached hydrogen (secondary N) is 1. The van der Waals surface area contributed by atoms with E-state index in [-0.39, 0.29) is 11.5 Å². The summed E-state index contributed by atoms with van der Waals surface area (Å²) in [5.41, 5.74) is 2.34. The molecule has 0 atom stereocenters. The minimum Gasteiger partial charge on any atom is -0.507 e. The summed E-state index contributed by atoms with van der Waals surface area (Å²) in [5.74, 6) is 0.516. The van der Waals surface area contributed by atoms with Crippen LogP contribution in [0.2, 0.25) is 0 Å². The molecule has 2 N–H and O–H groups in total. The fraction of sp³-hybridized carbons (Fsp3) is 0.292. The molecule has 0 unspecified atom stereocenters. The van der Waals surface area contributed by atoms with Gasteiger partial charge >= 0.3 is 0 Å². The Kier molecular flexibility index (Phi) is 7.05. The van der Waals surface area contributed by atoms with Crippen LogP contribution in [-0.2, 0) is 5.41 Å². The molecule has 0 amide bonds. The third-order valence-corrected chi connectivity index (χ3v) is 4.70. The second-order valence-electron chi connectivity index (χ2n) is 7.17. The second kappa shape index (κ2) is 9.27. The third kappa shape index (κ3) is 4.83. The van der Waals surface area contributed by atoms with Gasteiger partial charge in [-0.1, -0.05) is 32.9 Å². The number of aromatic hydroxyl groups is 1. The van der Waals surface area contributed by atoms with Crippen LogP contribution in [0, 0.1) is 0 Å². The fourth-order valence-electron chi connectivity index (χ4n) is 2.77. The largest absolute Gasteiger partial charge is 0.507 e. The lowest BCUT2D eigenvalue weighted by atomic mass is 9.83. The summed E-state index contributed by atoms with van der Waals surface area (Å²) in [7, 11) is 1.83. The van der Waals surface area contributed by atoms with Crippen molar-refractivity contribution < 1.29 is 14.6 Å². The number of ether oxygens (including phenoxy) is 1. The maximum absolute atomic E-state index is 12.5. The normalized spacial score (nSPS) is 11.4. The third-order valence-electron chi connectivity index (χ3n) is 4.70. The molecule has 0 spiro atoms. The maximum Gasteiger partial charge on any atom is 0.185 e. The highest BCUT2D eigenvalue weighted by atomic mass is 16.5. The van der Waals surface area contributed by atoms with E-state index >= 15 is 0 Å². The molecule has 0 heterocycles. The summed E-state index contributed by atoms with van der Waals surface area (Å²) in [6.07, 6.45) is 5.72. The van der Waals surface area contributed by atoms with Gasteiger partial charge < -0.3 is 15.2 Å². The van der Waals surface area contributed by atoms with Crippen molar-refractivity contribution in [1.29, 1.82) is 0 Å². The lowest BCUT2D eigenvalue weighted by molar-refractivity contribution is 0.104. The number of ketones is 1. The SMILES string of the molecule is C=CC(C)(C)c1ccc(OCCC)c(C=CC(=O)c2ccc(NC)cc2)c1O. The molecular weight excluding hydrogens is 350 g/mol. The van der Waals surface area contributed by atoms with Crippen molar-refractivity contribution in [3.63, 3.8) is 0 Å². The standard InChI is InChI=1S/C24H29NO3/c1-6-16-28-22-15-13-20(24(3,4)7-2)23(27)19(22)12-14-21(26)17-8-10-18(25-5)11-9-17/h7-15,25,27H,2,6,16H2,1,3-5H3. The minimum absolute atomic E-state index is 0.105. The van der Waals surface area contributed by atoms with Crippen molar-refractivity contribution in [2.75, 3.05) is 19.0 Å². The monoisotopic (exact) mass is 379 g/mol. The summed E-state index contributed by atoms with van der Waals surface area (Å²) >= 11 is 0. The quantitative estimate of drug-likeness (QED) is 0.339. The molecule has 4 nitrogen and oxygen atoms in total. The molecule has 28 heavy (non-hydrogen) atoms. The number of benzene rings is 2. The molecule has 2 aromatic carbocycles. The molecule has 0 radical (unpaired) electrons. The van der Waals surface area contributed by atoms with Crippen LogP contribution >= 0.6 is 0 Å². The first kappa shape index (κ1) is 21.3. The minimum atomic E-state index is -0.414. The molecule has 0 aliphatic carbocycles. The van der Waals surface area contributed by atoms with Crippen molar-refractivity contribution in [1.82, 2.24) is 0 Å². The molecule has 0 aliphatic rings. The summed E-state index contributed by atoms with van der Waals surface area (Å²) in [5, 5.41) is 13.9. The van der Waals surface area contributed by atoms with Gasteiger partial charge in [-0.3, -0.25) is 4.79 Å². The van der Waals surface area contributed by atoms with E-state index in [0.717, 1.165) is 17.7 Å². The predicted molar refractivity (Wildman–Crippen MR) is 116 cm³/mol. The van der Waals surface area contributed by atoms with Crippen LogP contribution in [0.5, 0.6) is 11.5 Å². The molecule has 148 valence electrons. The van der Waals surface area contributed by atoms with Gasteiger partial charge in [0.05, 0.1) is 12.2 Å². The smallest absolute Gasteiger partial charge is 0.185 e. The average molecular weight is 380 g/mol. The Labute approximate surface area is 167 Å². The molecule has 2 aromatic rings. The van der Waals surface area contributed by atoms with Crippen LogP contribution in [0.4, 0.5) is 5.69 Å². The zero-order valence-corrected chi connectivity index (χ0v) is 17.1. The van der Waals surface area contributed by atoms with Crippen LogP contribution < -0.4 is 10.1 Å². The van der Waals surface area contributed by atoms with E-state index in [1.54, 1.807) is 24.3 Å². The second-order valence-corrected chi connectivity index (χ2v) is 7.17. The highest BCUT2D eigenvalue weighted by Gasteiger charge is 2.23. The van der Waals surface area contributed by atoms with Gasteiger partial charge in [-0.2, -0.15) is 0 Å². The molecule has 0 fully saturated rings. The number of anilines is 1. The molecule has 0 saturated carbocycles. The first-order valence-electron chi connectivity index (χ1n) is 9.47. The first-order valence-corrected chi connectivity index (χ1v) is 9.47. The number of rotatable bonds is 9. The zero-order chi connectivity index (χ0) is 20.7. The van der Waals surface area contributed by atoms with Crippen LogP contribution in [-0.4, -0.2) is 24.5 Å². The van der Waals surface area contributed by atoms with Gasteiger partial charge in [-0.15, -0.1) is 6.58 Å². The van der Waals surface area contributed by atoms with Crippen LogP contribution in [0.3, 0.4) is 0 Å². The Balaban J connectivity index is 2.42. The van der Waals surface area contributed by atoms with E-state index in [2.05, 4.69) is 11.9 Å². The van der Waals surface area contributed by atoms with Gasteiger partial charge in [0, 0.05) is 29.3 Å². The first-order chi connectivity index (χ1) is 13.3. The molecule has 0 aromatic heterocycles. The maximum atomic E-state index is 12.5.